The van der Waals surface area contributed by atoms with E-state index in [0.29, 0.717) is 18.1 Å². The van der Waals surface area contributed by atoms with E-state index in [1.807, 2.05) is 30.3 Å². The first-order valence-corrected chi connectivity index (χ1v) is 6.86. The van der Waals surface area contributed by atoms with Crippen molar-refractivity contribution in [2.75, 3.05) is 18.5 Å². The number of hydrogen-bond acceptors (Lipinski definition) is 3. The van der Waals surface area contributed by atoms with E-state index < -0.39 is 25.3 Å². The Hall–Kier alpha value is -2.35. The van der Waals surface area contributed by atoms with Crippen LogP contribution >= 0.6 is 0 Å². The van der Waals surface area contributed by atoms with Gasteiger partial charge in [0.05, 0.1) is 12.2 Å². The number of ether oxygens (including phenoxy) is 1. The molecule has 1 amide bonds. The van der Waals surface area contributed by atoms with Gasteiger partial charge in [-0.15, -0.1) is 0 Å². The molecule has 0 aliphatic heterocycles. The third-order valence-electron chi connectivity index (χ3n) is 2.84. The SMILES string of the molecule is Cc1cc(NC(=O)COCC(F)(F)F)n(Cc2ccccc2)n1. The van der Waals surface area contributed by atoms with Gasteiger partial charge in [0.2, 0.25) is 0 Å². The number of carbonyl (C=O) groups excluding carboxylic acids is 1. The third-order valence-corrected chi connectivity index (χ3v) is 2.84. The van der Waals surface area contributed by atoms with Crippen molar-refractivity contribution in [3.63, 3.8) is 0 Å². The van der Waals surface area contributed by atoms with Crippen LogP contribution in [0.2, 0.25) is 0 Å². The van der Waals surface area contributed by atoms with Crippen LogP contribution in [0.3, 0.4) is 0 Å². The van der Waals surface area contributed by atoms with Gasteiger partial charge in [0.1, 0.15) is 19.0 Å². The van der Waals surface area contributed by atoms with Crippen LogP contribution in [-0.2, 0) is 16.1 Å². The Balaban J connectivity index is 1.96. The van der Waals surface area contributed by atoms with Crippen LogP contribution < -0.4 is 5.32 Å². The minimum atomic E-state index is -4.45. The first kappa shape index (κ1) is 17.0. The van der Waals surface area contributed by atoms with Gasteiger partial charge >= 0.3 is 6.18 Å². The number of halogens is 3. The summed E-state index contributed by atoms with van der Waals surface area (Å²) < 4.78 is 41.8. The number of nitrogens with zero attached hydrogens (tertiary/aromatic N) is 2. The van der Waals surface area contributed by atoms with E-state index in [0.717, 1.165) is 5.56 Å². The molecule has 0 saturated heterocycles. The van der Waals surface area contributed by atoms with Gasteiger partial charge in [0, 0.05) is 6.07 Å². The third kappa shape index (κ3) is 5.74. The van der Waals surface area contributed by atoms with Crippen molar-refractivity contribution in [1.82, 2.24) is 9.78 Å². The molecule has 0 saturated carbocycles. The molecular weight excluding hydrogens is 311 g/mol. The predicted molar refractivity (Wildman–Crippen MR) is 78.0 cm³/mol. The van der Waals surface area contributed by atoms with Crippen molar-refractivity contribution in [2.24, 2.45) is 0 Å². The van der Waals surface area contributed by atoms with Crippen LogP contribution in [0.15, 0.2) is 36.4 Å². The summed E-state index contributed by atoms with van der Waals surface area (Å²) in [5.74, 6) is -0.254. The maximum Gasteiger partial charge on any atom is 0.411 e. The van der Waals surface area contributed by atoms with Crippen molar-refractivity contribution < 1.29 is 22.7 Å². The molecule has 0 aliphatic rings. The summed E-state index contributed by atoms with van der Waals surface area (Å²) >= 11 is 0. The predicted octanol–water partition coefficient (Wildman–Crippen LogP) is 2.76. The summed E-state index contributed by atoms with van der Waals surface area (Å²) in [5.41, 5.74) is 1.67. The van der Waals surface area contributed by atoms with Crippen LogP contribution in [0, 0.1) is 6.92 Å². The largest absolute Gasteiger partial charge is 0.411 e. The molecule has 0 fully saturated rings. The van der Waals surface area contributed by atoms with Crippen LogP contribution in [0.5, 0.6) is 0 Å². The van der Waals surface area contributed by atoms with Crippen molar-refractivity contribution in [3.05, 3.63) is 47.7 Å². The molecule has 5 nitrogen and oxygen atoms in total. The Bertz CT molecular complexity index is 654. The van der Waals surface area contributed by atoms with Gasteiger partial charge in [-0.3, -0.25) is 4.79 Å². The van der Waals surface area contributed by atoms with E-state index in [4.69, 9.17) is 0 Å². The van der Waals surface area contributed by atoms with Gasteiger partial charge in [-0.1, -0.05) is 30.3 Å². The van der Waals surface area contributed by atoms with E-state index in [1.165, 1.54) is 0 Å². The zero-order valence-electron chi connectivity index (χ0n) is 12.4. The fourth-order valence-electron chi connectivity index (χ4n) is 1.96. The monoisotopic (exact) mass is 327 g/mol. The Morgan fingerprint density at radius 1 is 1.30 bits per heavy atom. The first-order chi connectivity index (χ1) is 10.8. The van der Waals surface area contributed by atoms with Gasteiger partial charge in [-0.05, 0) is 12.5 Å². The van der Waals surface area contributed by atoms with Crippen LogP contribution in [0.25, 0.3) is 0 Å². The lowest BCUT2D eigenvalue weighted by Crippen LogP contribution is -2.25. The molecule has 0 radical (unpaired) electrons. The molecule has 2 aromatic rings. The summed E-state index contributed by atoms with van der Waals surface area (Å²) in [6, 6.07) is 11.1. The van der Waals surface area contributed by atoms with E-state index in [2.05, 4.69) is 15.2 Å². The Morgan fingerprint density at radius 2 is 2.00 bits per heavy atom. The number of carbonyl (C=O) groups is 1. The highest BCUT2D eigenvalue weighted by Gasteiger charge is 2.27. The molecule has 1 aromatic carbocycles. The summed E-state index contributed by atoms with van der Waals surface area (Å²) in [7, 11) is 0. The Kier molecular flexibility index (Phi) is 5.38. The van der Waals surface area contributed by atoms with Gasteiger partial charge < -0.3 is 10.1 Å². The zero-order valence-corrected chi connectivity index (χ0v) is 12.4. The van der Waals surface area contributed by atoms with Gasteiger partial charge in [-0.2, -0.15) is 18.3 Å². The van der Waals surface area contributed by atoms with Crippen LogP contribution in [-0.4, -0.2) is 35.1 Å². The Labute approximate surface area is 131 Å². The van der Waals surface area contributed by atoms with Crippen LogP contribution in [0.4, 0.5) is 19.0 Å². The molecule has 0 bridgehead atoms. The van der Waals surface area contributed by atoms with Crippen molar-refractivity contribution in [1.29, 1.82) is 0 Å². The number of benzene rings is 1. The molecule has 0 aliphatic carbocycles. The lowest BCUT2D eigenvalue weighted by molar-refractivity contribution is -0.174. The van der Waals surface area contributed by atoms with Crippen molar-refractivity contribution >= 4 is 11.7 Å². The topological polar surface area (TPSA) is 56.1 Å². The fraction of sp³-hybridized carbons (Fsp3) is 0.333. The molecule has 0 atom stereocenters. The van der Waals surface area contributed by atoms with Crippen LogP contribution in [0.1, 0.15) is 11.3 Å². The smallest absolute Gasteiger partial charge is 0.362 e. The normalized spacial score (nSPS) is 11.5. The maximum absolute atomic E-state index is 12.0. The highest BCUT2D eigenvalue weighted by atomic mass is 19.4. The van der Waals surface area contributed by atoms with Gasteiger partial charge in [-0.25, -0.2) is 4.68 Å². The van der Waals surface area contributed by atoms with Gasteiger partial charge in [0.15, 0.2) is 0 Å². The van der Waals surface area contributed by atoms with Gasteiger partial charge in [0.25, 0.3) is 5.91 Å². The van der Waals surface area contributed by atoms with Crippen molar-refractivity contribution in [2.45, 2.75) is 19.6 Å². The fourth-order valence-corrected chi connectivity index (χ4v) is 1.96. The highest BCUT2D eigenvalue weighted by molar-refractivity contribution is 5.90. The molecule has 2 rings (SSSR count). The van der Waals surface area contributed by atoms with Crippen molar-refractivity contribution in [3.8, 4) is 0 Å². The second-order valence-electron chi connectivity index (χ2n) is 4.97. The number of aryl methyl sites for hydroxylation is 1. The molecular formula is C15H16F3N3O2. The minimum absolute atomic E-state index is 0.409. The molecule has 0 spiro atoms. The summed E-state index contributed by atoms with van der Waals surface area (Å²) in [4.78, 5) is 11.7. The second-order valence-corrected chi connectivity index (χ2v) is 4.97. The first-order valence-electron chi connectivity index (χ1n) is 6.86. The molecule has 124 valence electrons. The molecule has 1 heterocycles. The average molecular weight is 327 g/mol. The number of anilines is 1. The van der Waals surface area contributed by atoms with E-state index >= 15 is 0 Å². The summed E-state index contributed by atoms with van der Waals surface area (Å²) in [6.07, 6.45) is -4.45. The molecule has 0 unspecified atom stereocenters. The summed E-state index contributed by atoms with van der Waals surface area (Å²) in [6.45, 7) is 0.0722. The number of amides is 1. The molecule has 8 heteroatoms. The number of rotatable bonds is 6. The van der Waals surface area contributed by atoms with E-state index in [-0.39, 0.29) is 0 Å². The lowest BCUT2D eigenvalue weighted by atomic mass is 10.2. The average Bonchev–Trinajstić information content (AvgIpc) is 2.78. The lowest BCUT2D eigenvalue weighted by Gasteiger charge is -2.10. The number of aromatic nitrogens is 2. The number of alkyl halides is 3. The Morgan fingerprint density at radius 3 is 2.65 bits per heavy atom. The summed E-state index contributed by atoms with van der Waals surface area (Å²) in [5, 5.41) is 6.77. The second kappa shape index (κ2) is 7.28. The highest BCUT2D eigenvalue weighted by Crippen LogP contribution is 2.15. The standard InChI is InChI=1S/C15H16F3N3O2/c1-11-7-13(19-14(22)9-23-10-15(16,17)18)21(20-11)8-12-5-3-2-4-6-12/h2-7H,8-10H2,1H3,(H,19,22). The number of nitrogens with one attached hydrogen (secondary N) is 1. The van der Waals surface area contributed by atoms with E-state index in [9.17, 15) is 18.0 Å². The van der Waals surface area contributed by atoms with E-state index in [1.54, 1.807) is 17.7 Å². The number of hydrogen-bond donors (Lipinski definition) is 1. The quantitative estimate of drug-likeness (QED) is 0.887. The molecule has 1 N–H and O–H groups in total. The maximum atomic E-state index is 12.0. The minimum Gasteiger partial charge on any atom is -0.362 e. The molecule has 1 aromatic heterocycles. The zero-order chi connectivity index (χ0) is 16.9. The molecule has 23 heavy (non-hydrogen) atoms.